The van der Waals surface area contributed by atoms with Gasteiger partial charge in [-0.1, -0.05) is 13.1 Å². The summed E-state index contributed by atoms with van der Waals surface area (Å²) >= 11 is 0. The van der Waals surface area contributed by atoms with Crippen molar-refractivity contribution in [3.05, 3.63) is 60.4 Å². The minimum Gasteiger partial charge on any atom is -0.344 e. The Labute approximate surface area is 150 Å². The number of rotatable bonds is 1. The van der Waals surface area contributed by atoms with Gasteiger partial charge in [-0.15, -0.1) is 0 Å². The summed E-state index contributed by atoms with van der Waals surface area (Å²) in [6.07, 6.45) is 4.04. The molecule has 4 heteroatoms. The second-order valence-corrected chi connectivity index (χ2v) is 11.7. The smallest absolute Gasteiger partial charge is 0.212 e. The van der Waals surface area contributed by atoms with Gasteiger partial charge in [-0.3, -0.25) is 4.98 Å². The van der Waals surface area contributed by atoms with Crippen LogP contribution in [0.4, 0.5) is 11.4 Å². The van der Waals surface area contributed by atoms with Gasteiger partial charge in [0.25, 0.3) is 0 Å². The Bertz CT molecular complexity index is 979. The maximum absolute atomic E-state index is 4.78. The molecule has 0 saturated carbocycles. The lowest BCUT2D eigenvalue weighted by Gasteiger charge is -2.38. The molecule has 0 amide bonds. The highest BCUT2D eigenvalue weighted by atomic mass is 28.3. The van der Waals surface area contributed by atoms with E-state index in [1.807, 2.05) is 12.3 Å². The molecule has 0 spiro atoms. The van der Waals surface area contributed by atoms with Crippen molar-refractivity contribution in [1.29, 1.82) is 0 Å². The molecule has 0 bridgehead atoms. The van der Waals surface area contributed by atoms with Gasteiger partial charge in [-0.2, -0.15) is 0 Å². The van der Waals surface area contributed by atoms with Gasteiger partial charge in [0.05, 0.1) is 11.0 Å². The molecule has 0 aliphatic carbocycles. The number of pyridine rings is 2. The first-order chi connectivity index (χ1) is 11.9. The standard InChI is InChI=1S/C21H24N3Si/c1-15-13-19-20(14-16(15)17-9-6-7-12-23(17)2)25(4,5)21-18(24(19)3)10-8-11-22-21/h6-14H,1-5H3/q+1. The van der Waals surface area contributed by atoms with Crippen molar-refractivity contribution >= 4 is 30.0 Å². The Morgan fingerprint density at radius 2 is 1.84 bits per heavy atom. The molecule has 3 aromatic rings. The predicted molar refractivity (Wildman–Crippen MR) is 107 cm³/mol. The van der Waals surface area contributed by atoms with E-state index < -0.39 is 8.07 Å². The molecule has 1 aliphatic rings. The van der Waals surface area contributed by atoms with Gasteiger partial charge in [0.15, 0.2) is 6.20 Å². The molecule has 3 heterocycles. The molecule has 0 atom stereocenters. The van der Waals surface area contributed by atoms with Crippen LogP contribution < -0.4 is 20.0 Å². The first-order valence-corrected chi connectivity index (χ1v) is 11.7. The molecule has 1 aromatic carbocycles. The number of aromatic nitrogens is 2. The van der Waals surface area contributed by atoms with Crippen molar-refractivity contribution in [2.75, 3.05) is 11.9 Å². The summed E-state index contributed by atoms with van der Waals surface area (Å²) in [4.78, 5) is 7.08. The highest BCUT2D eigenvalue weighted by molar-refractivity contribution is 7.02. The fourth-order valence-electron chi connectivity index (χ4n) is 3.96. The minimum absolute atomic E-state index is 1.25. The van der Waals surface area contributed by atoms with Crippen molar-refractivity contribution in [3.8, 4) is 11.3 Å². The number of aryl methyl sites for hydroxylation is 2. The number of anilines is 2. The number of nitrogens with zero attached hydrogens (tertiary/aromatic N) is 3. The van der Waals surface area contributed by atoms with Crippen LogP contribution in [0.2, 0.25) is 13.1 Å². The van der Waals surface area contributed by atoms with Gasteiger partial charge >= 0.3 is 0 Å². The van der Waals surface area contributed by atoms with Crippen LogP contribution in [0.25, 0.3) is 11.3 Å². The lowest BCUT2D eigenvalue weighted by atomic mass is 10.0. The molecule has 25 heavy (non-hydrogen) atoms. The lowest BCUT2D eigenvalue weighted by Crippen LogP contribution is -2.60. The zero-order chi connectivity index (χ0) is 17.8. The summed E-state index contributed by atoms with van der Waals surface area (Å²) in [6.45, 7) is 7.04. The average Bonchev–Trinajstić information content (AvgIpc) is 2.60. The zero-order valence-corrected chi connectivity index (χ0v) is 16.5. The van der Waals surface area contributed by atoms with E-state index in [2.05, 4.69) is 86.2 Å². The molecule has 0 saturated heterocycles. The SMILES string of the molecule is Cc1cc2c(cc1-c1cccc[n+]1C)[Si](C)(C)c1ncccc1N2C. The van der Waals surface area contributed by atoms with E-state index in [0.717, 1.165) is 0 Å². The van der Waals surface area contributed by atoms with Crippen LogP contribution in [0.1, 0.15) is 5.56 Å². The van der Waals surface area contributed by atoms with Crippen LogP contribution in [0, 0.1) is 6.92 Å². The average molecular weight is 347 g/mol. The molecule has 0 N–H and O–H groups in total. The van der Waals surface area contributed by atoms with E-state index in [1.54, 1.807) is 0 Å². The molecular weight excluding hydrogens is 322 g/mol. The fourth-order valence-corrected chi connectivity index (χ4v) is 6.89. The topological polar surface area (TPSA) is 20.0 Å². The number of benzene rings is 1. The number of hydrogen-bond donors (Lipinski definition) is 0. The second kappa shape index (κ2) is 5.53. The van der Waals surface area contributed by atoms with E-state index in [4.69, 9.17) is 4.98 Å². The summed E-state index contributed by atoms with van der Waals surface area (Å²) in [6, 6.07) is 15.4. The monoisotopic (exact) mass is 346 g/mol. The quantitative estimate of drug-likeness (QED) is 0.499. The summed E-state index contributed by atoms with van der Waals surface area (Å²) in [5, 5.41) is 2.74. The van der Waals surface area contributed by atoms with Crippen LogP contribution in [0.15, 0.2) is 54.9 Å². The van der Waals surface area contributed by atoms with Crippen LogP contribution in [0.5, 0.6) is 0 Å². The summed E-state index contributed by atoms with van der Waals surface area (Å²) in [7, 11) is 2.43. The van der Waals surface area contributed by atoms with Gasteiger partial charge in [-0.25, -0.2) is 4.57 Å². The summed E-state index contributed by atoms with van der Waals surface area (Å²) < 4.78 is 2.20. The molecule has 0 radical (unpaired) electrons. The molecule has 1 aliphatic heterocycles. The maximum Gasteiger partial charge on any atom is 0.212 e. The van der Waals surface area contributed by atoms with Crippen molar-refractivity contribution < 1.29 is 4.57 Å². The maximum atomic E-state index is 4.78. The minimum atomic E-state index is -1.84. The highest BCUT2D eigenvalue weighted by Gasteiger charge is 2.39. The Kier molecular flexibility index (Phi) is 3.54. The van der Waals surface area contributed by atoms with Crippen molar-refractivity contribution in [2.45, 2.75) is 20.0 Å². The normalized spacial score (nSPS) is 14.8. The Morgan fingerprint density at radius 1 is 1.04 bits per heavy atom. The molecule has 126 valence electrons. The van der Waals surface area contributed by atoms with Crippen LogP contribution >= 0.6 is 0 Å². The van der Waals surface area contributed by atoms with Crippen LogP contribution in [-0.2, 0) is 7.05 Å². The molecule has 0 unspecified atom stereocenters. The van der Waals surface area contributed by atoms with Gasteiger partial charge in [0.1, 0.15) is 15.1 Å². The van der Waals surface area contributed by atoms with E-state index >= 15 is 0 Å². The molecule has 0 fully saturated rings. The first kappa shape index (κ1) is 16.0. The van der Waals surface area contributed by atoms with E-state index in [1.165, 1.54) is 38.7 Å². The molecular formula is C21H24N3Si+. The predicted octanol–water partition coefficient (Wildman–Crippen LogP) is 2.79. The largest absolute Gasteiger partial charge is 0.344 e. The Balaban J connectivity index is 1.99. The van der Waals surface area contributed by atoms with E-state index in [-0.39, 0.29) is 0 Å². The second-order valence-electron chi connectivity index (χ2n) is 7.44. The van der Waals surface area contributed by atoms with Crippen molar-refractivity contribution in [1.82, 2.24) is 4.98 Å². The van der Waals surface area contributed by atoms with E-state index in [9.17, 15) is 0 Å². The number of fused-ring (bicyclic) bond motifs is 2. The Hall–Kier alpha value is -2.46. The molecule has 4 rings (SSSR count). The van der Waals surface area contributed by atoms with Gasteiger partial charge in [0, 0.05) is 36.6 Å². The summed E-state index contributed by atoms with van der Waals surface area (Å²) in [5.41, 5.74) is 6.46. The lowest BCUT2D eigenvalue weighted by molar-refractivity contribution is -0.660. The van der Waals surface area contributed by atoms with Crippen LogP contribution in [-0.4, -0.2) is 20.1 Å². The first-order valence-electron chi connectivity index (χ1n) is 8.70. The number of hydrogen-bond acceptors (Lipinski definition) is 2. The van der Waals surface area contributed by atoms with E-state index in [0.29, 0.717) is 0 Å². The van der Waals surface area contributed by atoms with Crippen molar-refractivity contribution in [2.24, 2.45) is 7.05 Å². The fraction of sp³-hybridized carbons (Fsp3) is 0.238. The zero-order valence-electron chi connectivity index (χ0n) is 15.5. The Morgan fingerprint density at radius 3 is 2.60 bits per heavy atom. The van der Waals surface area contributed by atoms with Gasteiger partial charge < -0.3 is 4.90 Å². The molecule has 3 nitrogen and oxygen atoms in total. The third-order valence-electron chi connectivity index (χ3n) is 5.45. The van der Waals surface area contributed by atoms with Crippen molar-refractivity contribution in [3.63, 3.8) is 0 Å². The highest BCUT2D eigenvalue weighted by Crippen LogP contribution is 2.33. The van der Waals surface area contributed by atoms with Gasteiger partial charge in [0.2, 0.25) is 5.69 Å². The third-order valence-corrected chi connectivity index (χ3v) is 8.76. The summed E-state index contributed by atoms with van der Waals surface area (Å²) in [5.74, 6) is 0. The van der Waals surface area contributed by atoms with Crippen LogP contribution in [0.3, 0.4) is 0 Å². The third kappa shape index (κ3) is 2.32. The molecule has 2 aromatic heterocycles. The van der Waals surface area contributed by atoms with Gasteiger partial charge in [-0.05, 0) is 48.0 Å².